The molecule has 2 heteroatoms. The van der Waals surface area contributed by atoms with Crippen LogP contribution in [0.15, 0.2) is 16.7 Å². The summed E-state index contributed by atoms with van der Waals surface area (Å²) in [5.41, 5.74) is 7.44. The molecule has 0 saturated heterocycles. The van der Waals surface area contributed by atoms with Crippen molar-refractivity contribution in [2.24, 2.45) is 11.1 Å². The predicted molar refractivity (Wildman–Crippen MR) is 57.2 cm³/mol. The van der Waals surface area contributed by atoms with Crippen LogP contribution in [0.25, 0.3) is 0 Å². The van der Waals surface area contributed by atoms with E-state index in [0.29, 0.717) is 11.3 Å². The minimum atomic E-state index is 0.371. The fraction of sp³-hybridized carbons (Fsp3) is 0.667. The molecule has 0 radical (unpaired) electrons. The lowest BCUT2D eigenvalue weighted by Crippen LogP contribution is -2.29. The molecule has 0 aromatic carbocycles. The number of hydrogen-bond donors (Lipinski definition) is 1. The summed E-state index contributed by atoms with van der Waals surface area (Å²) in [6.45, 7) is 5.44. The van der Waals surface area contributed by atoms with Crippen molar-refractivity contribution in [2.75, 3.05) is 6.54 Å². The third kappa shape index (κ3) is 1.48. The molecule has 0 bridgehead atoms. The molecule has 0 spiro atoms. The van der Waals surface area contributed by atoms with Crippen molar-refractivity contribution < 1.29 is 4.42 Å². The molecule has 0 fully saturated rings. The second kappa shape index (κ2) is 3.43. The zero-order valence-corrected chi connectivity index (χ0v) is 9.05. The van der Waals surface area contributed by atoms with Crippen molar-refractivity contribution in [3.63, 3.8) is 0 Å². The second-order valence-corrected chi connectivity index (χ2v) is 4.92. The molecule has 1 aromatic rings. The molecule has 1 aromatic heterocycles. The van der Waals surface area contributed by atoms with Crippen LogP contribution in [0.1, 0.15) is 43.9 Å². The van der Waals surface area contributed by atoms with Crippen molar-refractivity contribution in [3.8, 4) is 0 Å². The Morgan fingerprint density at radius 1 is 1.57 bits per heavy atom. The van der Waals surface area contributed by atoms with Gasteiger partial charge < -0.3 is 10.2 Å². The van der Waals surface area contributed by atoms with Crippen molar-refractivity contribution >= 4 is 0 Å². The lowest BCUT2D eigenvalue weighted by molar-refractivity contribution is 0.224. The van der Waals surface area contributed by atoms with E-state index in [9.17, 15) is 0 Å². The molecule has 0 aliphatic heterocycles. The summed E-state index contributed by atoms with van der Waals surface area (Å²) in [5.74, 6) is 1.76. The SMILES string of the molecule is CC1(C)CCc2occc2C1CCN. The number of rotatable bonds is 2. The molecular weight excluding hydrogens is 174 g/mol. The number of furan rings is 1. The fourth-order valence-electron chi connectivity index (χ4n) is 2.61. The van der Waals surface area contributed by atoms with Gasteiger partial charge in [-0.3, -0.25) is 0 Å². The number of hydrogen-bond acceptors (Lipinski definition) is 2. The van der Waals surface area contributed by atoms with Gasteiger partial charge in [0, 0.05) is 6.42 Å². The van der Waals surface area contributed by atoms with E-state index in [1.54, 1.807) is 0 Å². The largest absolute Gasteiger partial charge is 0.469 e. The number of aryl methyl sites for hydroxylation is 1. The lowest BCUT2D eigenvalue weighted by atomic mass is 9.67. The summed E-state index contributed by atoms with van der Waals surface area (Å²) in [7, 11) is 0. The maximum Gasteiger partial charge on any atom is 0.107 e. The Morgan fingerprint density at radius 2 is 2.36 bits per heavy atom. The molecule has 1 aliphatic carbocycles. The molecule has 2 rings (SSSR count). The molecule has 0 saturated carbocycles. The molecule has 1 atom stereocenters. The van der Waals surface area contributed by atoms with Crippen LogP contribution < -0.4 is 5.73 Å². The molecule has 0 amide bonds. The molecule has 1 unspecified atom stereocenters. The first kappa shape index (κ1) is 9.78. The van der Waals surface area contributed by atoms with E-state index in [4.69, 9.17) is 10.2 Å². The third-order valence-corrected chi connectivity index (χ3v) is 3.55. The molecule has 1 aliphatic rings. The Balaban J connectivity index is 2.33. The van der Waals surface area contributed by atoms with Gasteiger partial charge in [-0.15, -0.1) is 0 Å². The lowest BCUT2D eigenvalue weighted by Gasteiger charge is -2.38. The Kier molecular flexibility index (Phi) is 2.40. The molecule has 78 valence electrons. The Hall–Kier alpha value is -0.760. The van der Waals surface area contributed by atoms with Crippen LogP contribution in [0, 0.1) is 5.41 Å². The summed E-state index contributed by atoms with van der Waals surface area (Å²) in [6.07, 6.45) is 5.17. The van der Waals surface area contributed by atoms with Gasteiger partial charge in [0.2, 0.25) is 0 Å². The van der Waals surface area contributed by atoms with Gasteiger partial charge in [0.1, 0.15) is 5.76 Å². The van der Waals surface area contributed by atoms with Gasteiger partial charge in [-0.2, -0.15) is 0 Å². The first-order chi connectivity index (χ1) is 6.65. The van der Waals surface area contributed by atoms with Gasteiger partial charge in [-0.25, -0.2) is 0 Å². The monoisotopic (exact) mass is 193 g/mol. The van der Waals surface area contributed by atoms with E-state index < -0.39 is 0 Å². The average Bonchev–Trinajstić information content (AvgIpc) is 2.58. The summed E-state index contributed by atoms with van der Waals surface area (Å²) >= 11 is 0. The van der Waals surface area contributed by atoms with Crippen LogP contribution in [0.5, 0.6) is 0 Å². The van der Waals surface area contributed by atoms with Crippen LogP contribution in [-0.4, -0.2) is 6.54 Å². The van der Waals surface area contributed by atoms with E-state index in [1.165, 1.54) is 17.7 Å². The molecule has 1 heterocycles. The van der Waals surface area contributed by atoms with Gasteiger partial charge >= 0.3 is 0 Å². The van der Waals surface area contributed by atoms with Crippen molar-refractivity contribution in [1.29, 1.82) is 0 Å². The van der Waals surface area contributed by atoms with Gasteiger partial charge in [0.05, 0.1) is 6.26 Å². The number of nitrogens with two attached hydrogens (primary N) is 1. The zero-order valence-electron chi connectivity index (χ0n) is 9.05. The van der Waals surface area contributed by atoms with Crippen molar-refractivity contribution in [1.82, 2.24) is 0 Å². The Bertz CT molecular complexity index is 314. The van der Waals surface area contributed by atoms with Crippen LogP contribution in [0.3, 0.4) is 0 Å². The van der Waals surface area contributed by atoms with Crippen molar-refractivity contribution in [2.45, 2.75) is 39.0 Å². The smallest absolute Gasteiger partial charge is 0.107 e. The van der Waals surface area contributed by atoms with E-state index >= 15 is 0 Å². The highest BCUT2D eigenvalue weighted by atomic mass is 16.3. The molecule has 2 N–H and O–H groups in total. The highest BCUT2D eigenvalue weighted by Crippen LogP contribution is 2.46. The van der Waals surface area contributed by atoms with Crippen LogP contribution >= 0.6 is 0 Å². The standard InChI is InChI=1S/C12H19NO/c1-12(2)6-3-11-9(5-8-14-11)10(12)4-7-13/h5,8,10H,3-4,6-7,13H2,1-2H3. The Morgan fingerprint density at radius 3 is 3.07 bits per heavy atom. The fourth-order valence-corrected chi connectivity index (χ4v) is 2.61. The second-order valence-electron chi connectivity index (χ2n) is 4.92. The average molecular weight is 193 g/mol. The normalized spacial score (nSPS) is 24.6. The van der Waals surface area contributed by atoms with Gasteiger partial charge in [0.15, 0.2) is 0 Å². The molecule has 2 nitrogen and oxygen atoms in total. The highest BCUT2D eigenvalue weighted by molar-refractivity contribution is 5.27. The van der Waals surface area contributed by atoms with E-state index in [1.807, 2.05) is 6.26 Å². The quantitative estimate of drug-likeness (QED) is 0.784. The topological polar surface area (TPSA) is 39.2 Å². The summed E-state index contributed by atoms with van der Waals surface area (Å²) in [5, 5.41) is 0. The maximum absolute atomic E-state index is 5.68. The summed E-state index contributed by atoms with van der Waals surface area (Å²) in [4.78, 5) is 0. The molecular formula is C12H19NO. The van der Waals surface area contributed by atoms with Crippen LogP contribution in [0.2, 0.25) is 0 Å². The van der Waals surface area contributed by atoms with Crippen molar-refractivity contribution in [3.05, 3.63) is 23.7 Å². The first-order valence-corrected chi connectivity index (χ1v) is 5.41. The van der Waals surface area contributed by atoms with E-state index in [2.05, 4.69) is 19.9 Å². The maximum atomic E-state index is 5.68. The van der Waals surface area contributed by atoms with Gasteiger partial charge in [-0.05, 0) is 42.3 Å². The highest BCUT2D eigenvalue weighted by Gasteiger charge is 2.36. The summed E-state index contributed by atoms with van der Waals surface area (Å²) in [6, 6.07) is 2.12. The van der Waals surface area contributed by atoms with Gasteiger partial charge in [0.25, 0.3) is 0 Å². The van der Waals surface area contributed by atoms with Crippen LogP contribution in [0.4, 0.5) is 0 Å². The Labute approximate surface area is 85.5 Å². The van der Waals surface area contributed by atoms with Gasteiger partial charge in [-0.1, -0.05) is 13.8 Å². The minimum Gasteiger partial charge on any atom is -0.469 e. The van der Waals surface area contributed by atoms with E-state index in [-0.39, 0.29) is 0 Å². The molecule has 14 heavy (non-hydrogen) atoms. The minimum absolute atomic E-state index is 0.371. The first-order valence-electron chi connectivity index (χ1n) is 5.41. The van der Waals surface area contributed by atoms with E-state index in [0.717, 1.165) is 19.4 Å². The predicted octanol–water partition coefficient (Wildman–Crippen LogP) is 2.68. The summed E-state index contributed by atoms with van der Waals surface area (Å²) < 4.78 is 5.49. The number of fused-ring (bicyclic) bond motifs is 1. The third-order valence-electron chi connectivity index (χ3n) is 3.55. The van der Waals surface area contributed by atoms with Crippen LogP contribution in [-0.2, 0) is 6.42 Å². The zero-order chi connectivity index (χ0) is 10.2.